The summed E-state index contributed by atoms with van der Waals surface area (Å²) in [6.07, 6.45) is 0. The maximum atomic E-state index is 12.4. The minimum absolute atomic E-state index is 0.0906. The van der Waals surface area contributed by atoms with Crippen LogP contribution in [0.4, 0.5) is 4.79 Å². The SMILES string of the molecule is Cc1cccc(CNC(=O)N2CCN3CCN(C)C(=O)[C@H]3C2)c1. The summed E-state index contributed by atoms with van der Waals surface area (Å²) in [6.45, 7) is 6.13. The van der Waals surface area contributed by atoms with Gasteiger partial charge in [-0.2, -0.15) is 0 Å². The second-order valence-electron chi connectivity index (χ2n) is 6.41. The summed E-state index contributed by atoms with van der Waals surface area (Å²) in [6, 6.07) is 7.82. The molecule has 2 aliphatic rings. The Hall–Kier alpha value is -2.08. The summed E-state index contributed by atoms with van der Waals surface area (Å²) < 4.78 is 0. The number of nitrogens with one attached hydrogen (secondary N) is 1. The molecule has 23 heavy (non-hydrogen) atoms. The van der Waals surface area contributed by atoms with Crippen molar-refractivity contribution in [2.45, 2.75) is 19.5 Å². The predicted octanol–water partition coefficient (Wildman–Crippen LogP) is 0.663. The average Bonchev–Trinajstić information content (AvgIpc) is 2.56. The fraction of sp³-hybridized carbons (Fsp3) is 0.529. The van der Waals surface area contributed by atoms with Crippen LogP contribution in [0, 0.1) is 6.92 Å². The van der Waals surface area contributed by atoms with E-state index in [-0.39, 0.29) is 18.0 Å². The molecule has 3 amide bonds. The van der Waals surface area contributed by atoms with Crippen molar-refractivity contribution in [3.63, 3.8) is 0 Å². The van der Waals surface area contributed by atoms with Crippen molar-refractivity contribution in [2.75, 3.05) is 39.8 Å². The predicted molar refractivity (Wildman–Crippen MR) is 88.0 cm³/mol. The molecule has 2 fully saturated rings. The first-order valence-corrected chi connectivity index (χ1v) is 8.12. The second-order valence-corrected chi connectivity index (χ2v) is 6.41. The average molecular weight is 316 g/mol. The molecule has 0 bridgehead atoms. The summed E-state index contributed by atoms with van der Waals surface area (Å²) >= 11 is 0. The minimum atomic E-state index is -0.188. The van der Waals surface area contributed by atoms with Gasteiger partial charge < -0.3 is 15.1 Å². The zero-order chi connectivity index (χ0) is 16.4. The van der Waals surface area contributed by atoms with E-state index in [9.17, 15) is 9.59 Å². The molecule has 2 aliphatic heterocycles. The van der Waals surface area contributed by atoms with E-state index in [1.807, 2.05) is 32.2 Å². The lowest BCUT2D eigenvalue weighted by molar-refractivity contribution is -0.142. The molecule has 1 aromatic rings. The number of carbonyl (C=O) groups excluding carboxylic acids is 2. The normalized spacial score (nSPS) is 22.0. The highest BCUT2D eigenvalue weighted by atomic mass is 16.2. The number of urea groups is 1. The standard InChI is InChI=1S/C17H24N4O2/c1-13-4-3-5-14(10-13)11-18-17(23)21-9-8-20-7-6-19(2)16(22)15(20)12-21/h3-5,10,15H,6-9,11-12H2,1-2H3,(H,18,23)/t15-/m1/s1. The molecule has 1 N–H and O–H groups in total. The van der Waals surface area contributed by atoms with Crippen LogP contribution >= 0.6 is 0 Å². The number of rotatable bonds is 2. The van der Waals surface area contributed by atoms with Gasteiger partial charge in [-0.05, 0) is 12.5 Å². The molecular weight excluding hydrogens is 292 g/mol. The van der Waals surface area contributed by atoms with E-state index in [0.29, 0.717) is 19.6 Å². The molecule has 6 heteroatoms. The highest BCUT2D eigenvalue weighted by Crippen LogP contribution is 2.16. The van der Waals surface area contributed by atoms with Gasteiger partial charge in [-0.15, -0.1) is 0 Å². The molecule has 0 spiro atoms. The van der Waals surface area contributed by atoms with Crippen molar-refractivity contribution in [3.8, 4) is 0 Å². The number of hydrogen-bond acceptors (Lipinski definition) is 3. The van der Waals surface area contributed by atoms with Gasteiger partial charge in [-0.25, -0.2) is 4.79 Å². The van der Waals surface area contributed by atoms with E-state index in [1.54, 1.807) is 9.80 Å². The fourth-order valence-electron chi connectivity index (χ4n) is 3.26. The Balaban J connectivity index is 1.57. The number of likely N-dealkylation sites (N-methyl/N-ethyl adjacent to an activating group) is 1. The third kappa shape index (κ3) is 3.47. The van der Waals surface area contributed by atoms with Crippen molar-refractivity contribution in [2.24, 2.45) is 0 Å². The van der Waals surface area contributed by atoms with Crippen molar-refractivity contribution in [1.82, 2.24) is 20.0 Å². The van der Waals surface area contributed by atoms with Gasteiger partial charge in [0.25, 0.3) is 0 Å². The van der Waals surface area contributed by atoms with E-state index in [1.165, 1.54) is 5.56 Å². The zero-order valence-corrected chi connectivity index (χ0v) is 13.8. The van der Waals surface area contributed by atoms with E-state index in [0.717, 1.165) is 25.2 Å². The Morgan fingerprint density at radius 3 is 2.83 bits per heavy atom. The maximum Gasteiger partial charge on any atom is 0.317 e. The summed E-state index contributed by atoms with van der Waals surface area (Å²) in [4.78, 5) is 30.4. The van der Waals surface area contributed by atoms with Crippen molar-refractivity contribution >= 4 is 11.9 Å². The lowest BCUT2D eigenvalue weighted by Crippen LogP contribution is -2.65. The Labute approximate surface area is 137 Å². The van der Waals surface area contributed by atoms with Gasteiger partial charge in [-0.3, -0.25) is 9.69 Å². The summed E-state index contributed by atoms with van der Waals surface area (Å²) in [5.41, 5.74) is 2.27. The van der Waals surface area contributed by atoms with Crippen LogP contribution in [0.15, 0.2) is 24.3 Å². The Kier molecular flexibility index (Phi) is 4.52. The monoisotopic (exact) mass is 316 g/mol. The van der Waals surface area contributed by atoms with Gasteiger partial charge in [-0.1, -0.05) is 29.8 Å². The molecule has 124 valence electrons. The molecule has 0 unspecified atom stereocenters. The number of amides is 3. The molecule has 0 aliphatic carbocycles. The van der Waals surface area contributed by atoms with Crippen LogP contribution in [0.2, 0.25) is 0 Å². The van der Waals surface area contributed by atoms with Gasteiger partial charge in [0, 0.05) is 46.3 Å². The largest absolute Gasteiger partial charge is 0.343 e. The molecule has 0 saturated carbocycles. The van der Waals surface area contributed by atoms with Crippen LogP contribution in [0.3, 0.4) is 0 Å². The minimum Gasteiger partial charge on any atom is -0.343 e. The zero-order valence-electron chi connectivity index (χ0n) is 13.8. The van der Waals surface area contributed by atoms with Crippen LogP contribution < -0.4 is 5.32 Å². The van der Waals surface area contributed by atoms with Crippen molar-refractivity contribution in [1.29, 1.82) is 0 Å². The molecule has 0 aromatic heterocycles. The molecule has 6 nitrogen and oxygen atoms in total. The lowest BCUT2D eigenvalue weighted by Gasteiger charge is -2.45. The van der Waals surface area contributed by atoms with E-state index >= 15 is 0 Å². The summed E-state index contributed by atoms with van der Waals surface area (Å²) in [7, 11) is 1.83. The third-order valence-electron chi connectivity index (χ3n) is 4.69. The number of piperazine rings is 2. The quantitative estimate of drug-likeness (QED) is 0.872. The first kappa shape index (κ1) is 15.8. The molecule has 1 aromatic carbocycles. The highest BCUT2D eigenvalue weighted by Gasteiger charge is 2.38. The summed E-state index contributed by atoms with van der Waals surface area (Å²) in [5.74, 6) is 0.118. The molecule has 2 heterocycles. The van der Waals surface area contributed by atoms with Crippen LogP contribution in [-0.2, 0) is 11.3 Å². The van der Waals surface area contributed by atoms with Crippen molar-refractivity contribution < 1.29 is 9.59 Å². The second kappa shape index (κ2) is 6.58. The lowest BCUT2D eigenvalue weighted by atomic mass is 10.1. The number of aryl methyl sites for hydroxylation is 1. The molecule has 1 atom stereocenters. The van der Waals surface area contributed by atoms with Gasteiger partial charge in [0.05, 0.1) is 0 Å². The maximum absolute atomic E-state index is 12.4. The van der Waals surface area contributed by atoms with Gasteiger partial charge in [0.15, 0.2) is 0 Å². The van der Waals surface area contributed by atoms with Crippen LogP contribution in [0.1, 0.15) is 11.1 Å². The molecule has 2 saturated heterocycles. The number of carbonyl (C=O) groups is 2. The van der Waals surface area contributed by atoms with Crippen LogP contribution in [0.5, 0.6) is 0 Å². The fourth-order valence-corrected chi connectivity index (χ4v) is 3.26. The third-order valence-corrected chi connectivity index (χ3v) is 4.69. The first-order chi connectivity index (χ1) is 11.0. The number of benzene rings is 1. The number of fused-ring (bicyclic) bond motifs is 1. The van der Waals surface area contributed by atoms with Gasteiger partial charge in [0.1, 0.15) is 6.04 Å². The van der Waals surface area contributed by atoms with Gasteiger partial charge in [0.2, 0.25) is 5.91 Å². The van der Waals surface area contributed by atoms with E-state index in [2.05, 4.69) is 16.3 Å². The van der Waals surface area contributed by atoms with E-state index < -0.39 is 0 Å². The number of hydrogen-bond donors (Lipinski definition) is 1. The van der Waals surface area contributed by atoms with Crippen molar-refractivity contribution in [3.05, 3.63) is 35.4 Å². The van der Waals surface area contributed by atoms with Crippen LogP contribution in [-0.4, -0.2) is 72.5 Å². The molecule has 3 rings (SSSR count). The Morgan fingerprint density at radius 1 is 1.26 bits per heavy atom. The topological polar surface area (TPSA) is 55.9 Å². The highest BCUT2D eigenvalue weighted by molar-refractivity contribution is 5.84. The first-order valence-electron chi connectivity index (χ1n) is 8.12. The Bertz CT molecular complexity index is 604. The summed E-state index contributed by atoms with van der Waals surface area (Å²) in [5, 5.41) is 2.96. The smallest absolute Gasteiger partial charge is 0.317 e. The Morgan fingerprint density at radius 2 is 2.04 bits per heavy atom. The molecule has 0 radical (unpaired) electrons. The number of nitrogens with zero attached hydrogens (tertiary/aromatic N) is 3. The van der Waals surface area contributed by atoms with E-state index in [4.69, 9.17) is 0 Å². The van der Waals surface area contributed by atoms with Gasteiger partial charge >= 0.3 is 6.03 Å². The van der Waals surface area contributed by atoms with Crippen LogP contribution in [0.25, 0.3) is 0 Å². The molecular formula is C17H24N4O2.